The second kappa shape index (κ2) is 4.63. The van der Waals surface area contributed by atoms with E-state index in [1.165, 1.54) is 5.01 Å². The average Bonchev–Trinajstić information content (AvgIpc) is 2.96. The van der Waals surface area contributed by atoms with Crippen LogP contribution < -0.4 is 10.9 Å². The van der Waals surface area contributed by atoms with Crippen LogP contribution in [0.5, 0.6) is 0 Å². The number of nitrogens with two attached hydrogens (primary N) is 1. The van der Waals surface area contributed by atoms with Crippen LogP contribution >= 0.6 is 0 Å². The second-order valence-electron chi connectivity index (χ2n) is 6.89. The van der Waals surface area contributed by atoms with E-state index >= 15 is 0 Å². The highest BCUT2D eigenvalue weighted by atomic mass is 16.4. The molecule has 20 heavy (non-hydrogen) atoms. The van der Waals surface area contributed by atoms with Crippen LogP contribution in [0.1, 0.15) is 53.0 Å². The van der Waals surface area contributed by atoms with E-state index in [0.29, 0.717) is 0 Å². The molecule has 0 aliphatic rings. The van der Waals surface area contributed by atoms with Crippen LogP contribution in [-0.4, -0.2) is 9.97 Å². The summed E-state index contributed by atoms with van der Waals surface area (Å²) in [5, 5.41) is 1.21. The molecule has 0 bridgehead atoms. The van der Waals surface area contributed by atoms with Crippen molar-refractivity contribution >= 4 is 12.0 Å². The summed E-state index contributed by atoms with van der Waals surface area (Å²) in [4.78, 5) is 8.53. The van der Waals surface area contributed by atoms with Crippen molar-refractivity contribution in [2.75, 3.05) is 5.01 Å². The molecule has 2 rings (SSSR count). The number of rotatable bonds is 2. The van der Waals surface area contributed by atoms with Gasteiger partial charge in [0, 0.05) is 10.8 Å². The number of hydrogen-bond donors (Lipinski definition) is 1. The zero-order chi connectivity index (χ0) is 15.1. The molecule has 0 saturated carbocycles. The van der Waals surface area contributed by atoms with E-state index in [9.17, 15) is 0 Å². The summed E-state index contributed by atoms with van der Waals surface area (Å²) in [6, 6.07) is 0.523. The zero-order valence-corrected chi connectivity index (χ0v) is 12.9. The van der Waals surface area contributed by atoms with Gasteiger partial charge in [-0.1, -0.05) is 41.5 Å². The van der Waals surface area contributed by atoms with Gasteiger partial charge in [0.15, 0.2) is 0 Å². The molecule has 0 aliphatic carbocycles. The molecule has 6 nitrogen and oxygen atoms in total. The standard InChI is InChI=1S/C14H22N4O2/c1-13(2,3)9-8-19-12(17-9)18(15)11-16-7-10(20-11)14(4,5)6/h7-8H,15H2,1-6H3. The Morgan fingerprint density at radius 1 is 1.05 bits per heavy atom. The van der Waals surface area contributed by atoms with Crippen molar-refractivity contribution in [3.8, 4) is 0 Å². The zero-order valence-electron chi connectivity index (χ0n) is 12.9. The molecule has 6 heteroatoms. The van der Waals surface area contributed by atoms with E-state index in [0.717, 1.165) is 11.5 Å². The van der Waals surface area contributed by atoms with Gasteiger partial charge in [0.25, 0.3) is 0 Å². The van der Waals surface area contributed by atoms with Crippen molar-refractivity contribution in [1.29, 1.82) is 0 Å². The van der Waals surface area contributed by atoms with Crippen LogP contribution in [0.2, 0.25) is 0 Å². The van der Waals surface area contributed by atoms with Gasteiger partial charge in [0.1, 0.15) is 12.0 Å². The van der Waals surface area contributed by atoms with Crippen molar-refractivity contribution in [2.45, 2.75) is 52.4 Å². The Balaban J connectivity index is 2.25. The van der Waals surface area contributed by atoms with E-state index in [4.69, 9.17) is 14.7 Å². The Labute approximate surface area is 119 Å². The summed E-state index contributed by atoms with van der Waals surface area (Å²) in [7, 11) is 0. The minimum absolute atomic E-state index is 0.101. The molecule has 2 N–H and O–H groups in total. The molecule has 0 fully saturated rings. The smallest absolute Gasteiger partial charge is 0.320 e. The van der Waals surface area contributed by atoms with Crippen molar-refractivity contribution in [2.24, 2.45) is 5.84 Å². The van der Waals surface area contributed by atoms with Crippen LogP contribution in [0, 0.1) is 0 Å². The second-order valence-corrected chi connectivity index (χ2v) is 6.89. The molecular formula is C14H22N4O2. The predicted octanol–water partition coefficient (Wildman–Crippen LogP) is 3.27. The highest BCUT2D eigenvalue weighted by Crippen LogP contribution is 2.29. The topological polar surface area (TPSA) is 81.3 Å². The Morgan fingerprint density at radius 2 is 1.70 bits per heavy atom. The SMILES string of the molecule is CC(C)(C)c1coc(N(N)c2ncc(C(C)(C)C)o2)n1. The number of aromatic nitrogens is 2. The first-order chi connectivity index (χ1) is 9.09. The first-order valence-electron chi connectivity index (χ1n) is 6.56. The fraction of sp³-hybridized carbons (Fsp3) is 0.571. The third kappa shape index (κ3) is 2.85. The van der Waals surface area contributed by atoms with E-state index < -0.39 is 0 Å². The summed E-state index contributed by atoms with van der Waals surface area (Å²) in [5.41, 5.74) is 0.597. The third-order valence-electron chi connectivity index (χ3n) is 2.91. The first kappa shape index (κ1) is 14.6. The fourth-order valence-corrected chi connectivity index (χ4v) is 1.52. The van der Waals surface area contributed by atoms with Gasteiger partial charge in [-0.25, -0.2) is 10.8 Å². The van der Waals surface area contributed by atoms with E-state index in [2.05, 4.69) is 30.7 Å². The largest absolute Gasteiger partial charge is 0.430 e. The maximum Gasteiger partial charge on any atom is 0.320 e. The molecular weight excluding hydrogens is 256 g/mol. The summed E-state index contributed by atoms with van der Waals surface area (Å²) < 4.78 is 11.0. The highest BCUT2D eigenvalue weighted by molar-refractivity contribution is 5.42. The molecule has 0 aromatic carbocycles. The predicted molar refractivity (Wildman–Crippen MR) is 76.7 cm³/mol. The van der Waals surface area contributed by atoms with Gasteiger partial charge in [-0.2, -0.15) is 9.99 Å². The van der Waals surface area contributed by atoms with Crippen LogP contribution in [0.15, 0.2) is 21.3 Å². The third-order valence-corrected chi connectivity index (χ3v) is 2.91. The number of anilines is 2. The lowest BCUT2D eigenvalue weighted by Crippen LogP contribution is -2.26. The summed E-state index contributed by atoms with van der Waals surface area (Å²) in [6.07, 6.45) is 3.27. The van der Waals surface area contributed by atoms with E-state index in [-0.39, 0.29) is 22.9 Å². The fourth-order valence-electron chi connectivity index (χ4n) is 1.52. The minimum atomic E-state index is -0.126. The maximum absolute atomic E-state index is 5.95. The summed E-state index contributed by atoms with van der Waals surface area (Å²) in [5.74, 6) is 6.71. The molecule has 0 aliphatic heterocycles. The molecule has 110 valence electrons. The molecule has 0 atom stereocenters. The van der Waals surface area contributed by atoms with Gasteiger partial charge in [-0.15, -0.1) is 0 Å². The highest BCUT2D eigenvalue weighted by Gasteiger charge is 2.25. The van der Waals surface area contributed by atoms with Crippen molar-refractivity contribution in [3.05, 3.63) is 23.9 Å². The Morgan fingerprint density at radius 3 is 2.15 bits per heavy atom. The van der Waals surface area contributed by atoms with Gasteiger partial charge in [0.2, 0.25) is 0 Å². The molecule has 0 radical (unpaired) electrons. The number of hydrazine groups is 1. The molecule has 0 saturated heterocycles. The van der Waals surface area contributed by atoms with Crippen molar-refractivity contribution < 1.29 is 8.83 Å². The monoisotopic (exact) mass is 278 g/mol. The van der Waals surface area contributed by atoms with Gasteiger partial charge in [0.05, 0.1) is 11.9 Å². The maximum atomic E-state index is 5.95. The normalized spacial score (nSPS) is 12.8. The van der Waals surface area contributed by atoms with Crippen LogP contribution in [0.3, 0.4) is 0 Å². The van der Waals surface area contributed by atoms with E-state index in [1.807, 2.05) is 20.8 Å². The molecule has 2 heterocycles. The summed E-state index contributed by atoms with van der Waals surface area (Å²) in [6.45, 7) is 12.3. The Hall–Kier alpha value is -1.82. The molecule has 0 unspecified atom stereocenters. The van der Waals surface area contributed by atoms with E-state index in [1.54, 1.807) is 12.5 Å². The van der Waals surface area contributed by atoms with Crippen molar-refractivity contribution in [1.82, 2.24) is 9.97 Å². The lowest BCUT2D eigenvalue weighted by Gasteiger charge is -2.14. The lowest BCUT2D eigenvalue weighted by molar-refractivity contribution is 0.406. The van der Waals surface area contributed by atoms with Crippen LogP contribution in [-0.2, 0) is 10.8 Å². The summed E-state index contributed by atoms with van der Waals surface area (Å²) >= 11 is 0. The number of hydrogen-bond acceptors (Lipinski definition) is 6. The number of oxazole rings is 2. The van der Waals surface area contributed by atoms with Crippen molar-refractivity contribution in [3.63, 3.8) is 0 Å². The average molecular weight is 278 g/mol. The molecule has 0 spiro atoms. The van der Waals surface area contributed by atoms with Crippen LogP contribution in [0.25, 0.3) is 0 Å². The molecule has 2 aromatic heterocycles. The Kier molecular flexibility index (Phi) is 3.37. The van der Waals surface area contributed by atoms with Crippen LogP contribution in [0.4, 0.5) is 12.0 Å². The van der Waals surface area contributed by atoms with Gasteiger partial charge < -0.3 is 8.83 Å². The number of nitrogens with zero attached hydrogens (tertiary/aromatic N) is 3. The quantitative estimate of drug-likeness (QED) is 0.670. The van der Waals surface area contributed by atoms with Gasteiger partial charge >= 0.3 is 12.0 Å². The molecule has 0 amide bonds. The van der Waals surface area contributed by atoms with Gasteiger partial charge in [-0.3, -0.25) is 0 Å². The minimum Gasteiger partial charge on any atom is -0.430 e. The van der Waals surface area contributed by atoms with Gasteiger partial charge in [-0.05, 0) is 0 Å². The molecule has 2 aromatic rings. The lowest BCUT2D eigenvalue weighted by atomic mass is 9.93. The Bertz CT molecular complexity index is 535. The first-order valence-corrected chi connectivity index (χ1v) is 6.56.